The van der Waals surface area contributed by atoms with Crippen molar-refractivity contribution >= 4 is 28.4 Å². The lowest BCUT2D eigenvalue weighted by Gasteiger charge is -2.43. The zero-order chi connectivity index (χ0) is 22.6. The molecule has 3 heterocycles. The van der Waals surface area contributed by atoms with Crippen LogP contribution in [0.2, 0.25) is 0 Å². The van der Waals surface area contributed by atoms with Crippen molar-refractivity contribution in [3.05, 3.63) is 54.2 Å². The fourth-order valence-electron chi connectivity index (χ4n) is 5.60. The maximum absolute atomic E-state index is 13.7. The lowest BCUT2D eigenvalue weighted by atomic mass is 9.63. The smallest absolute Gasteiger partial charge is 0.243 e. The molecule has 7 nitrogen and oxygen atoms in total. The van der Waals surface area contributed by atoms with Gasteiger partial charge in [-0.3, -0.25) is 14.7 Å². The summed E-state index contributed by atoms with van der Waals surface area (Å²) in [4.78, 5) is 30.1. The summed E-state index contributed by atoms with van der Waals surface area (Å²) in [5.74, 6) is 3.37. The number of aromatic nitrogens is 2. The summed E-state index contributed by atoms with van der Waals surface area (Å²) in [6.07, 6.45) is 10.2. The predicted octanol–water partition coefficient (Wildman–Crippen LogP) is 3.01. The van der Waals surface area contributed by atoms with E-state index in [1.165, 1.54) is 0 Å². The molecule has 2 aliphatic heterocycles. The van der Waals surface area contributed by atoms with Crippen LogP contribution >= 0.6 is 0 Å². The third-order valence-corrected chi connectivity index (χ3v) is 7.29. The topological polar surface area (TPSA) is 78.5 Å². The average molecular weight is 441 g/mol. The number of H-pyrrole nitrogens is 1. The standard InChI is InChI=1S/C26H24N4O3/c1-2-18-6-5-11-29(18)24(31)16-30-23-8-4-3-7-21(23)26(25(30)32)13-20(14-26)33-19-9-10-22-17(12-19)15-27-28-22/h1,3-4,7-10,12,15,18,20H,5-6,11,13-14,16H2,(H,27,28). The number of aromatic amines is 1. The van der Waals surface area contributed by atoms with E-state index in [-0.39, 0.29) is 30.5 Å². The van der Waals surface area contributed by atoms with Gasteiger partial charge in [0.15, 0.2) is 0 Å². The fraction of sp³-hybridized carbons (Fsp3) is 0.346. The lowest BCUT2D eigenvalue weighted by Crippen LogP contribution is -2.55. The second kappa shape index (κ2) is 7.38. The highest BCUT2D eigenvalue weighted by molar-refractivity contribution is 6.11. The molecular formula is C26H24N4O3. The molecule has 1 N–H and O–H groups in total. The molecule has 0 bridgehead atoms. The van der Waals surface area contributed by atoms with Crippen molar-refractivity contribution < 1.29 is 14.3 Å². The van der Waals surface area contributed by atoms with E-state index in [0.717, 1.165) is 40.7 Å². The highest BCUT2D eigenvalue weighted by Crippen LogP contribution is 2.54. The number of carbonyl (C=O) groups is 2. The van der Waals surface area contributed by atoms with Crippen LogP contribution in [0.4, 0.5) is 5.69 Å². The Morgan fingerprint density at radius 3 is 2.97 bits per heavy atom. The third-order valence-electron chi connectivity index (χ3n) is 7.29. The van der Waals surface area contributed by atoms with E-state index in [2.05, 4.69) is 16.1 Å². The molecular weight excluding hydrogens is 416 g/mol. The summed E-state index contributed by atoms with van der Waals surface area (Å²) in [5, 5.41) is 7.97. The molecule has 6 rings (SSSR count). The van der Waals surface area contributed by atoms with Crippen LogP contribution in [0.3, 0.4) is 0 Å². The minimum absolute atomic E-state index is 0.0151. The van der Waals surface area contributed by atoms with Gasteiger partial charge < -0.3 is 14.5 Å². The van der Waals surface area contributed by atoms with Crippen molar-refractivity contribution in [2.75, 3.05) is 18.0 Å². The Kier molecular flexibility index (Phi) is 4.44. The normalized spacial score (nSPS) is 25.8. The maximum Gasteiger partial charge on any atom is 0.243 e. The van der Waals surface area contributed by atoms with Gasteiger partial charge in [0, 0.05) is 30.5 Å². The van der Waals surface area contributed by atoms with Crippen LogP contribution < -0.4 is 9.64 Å². The number of hydrogen-bond donors (Lipinski definition) is 1. The van der Waals surface area contributed by atoms with Gasteiger partial charge in [-0.15, -0.1) is 6.42 Å². The first-order chi connectivity index (χ1) is 16.1. The van der Waals surface area contributed by atoms with Gasteiger partial charge in [-0.2, -0.15) is 5.10 Å². The lowest BCUT2D eigenvalue weighted by molar-refractivity contribution is -0.134. The second-order valence-electron chi connectivity index (χ2n) is 9.17. The van der Waals surface area contributed by atoms with E-state index in [1.807, 2.05) is 42.5 Å². The molecule has 1 saturated heterocycles. The molecule has 33 heavy (non-hydrogen) atoms. The fourth-order valence-corrected chi connectivity index (χ4v) is 5.60. The molecule has 1 saturated carbocycles. The number of carbonyl (C=O) groups excluding carboxylic acids is 2. The van der Waals surface area contributed by atoms with Gasteiger partial charge in [-0.1, -0.05) is 24.1 Å². The van der Waals surface area contributed by atoms with Crippen molar-refractivity contribution in [2.45, 2.75) is 43.2 Å². The van der Waals surface area contributed by atoms with Gasteiger partial charge in [-0.25, -0.2) is 0 Å². The molecule has 1 spiro atoms. The van der Waals surface area contributed by atoms with Gasteiger partial charge in [0.25, 0.3) is 0 Å². The van der Waals surface area contributed by atoms with Crippen LogP contribution in [0.5, 0.6) is 5.75 Å². The SMILES string of the molecule is C#CC1CCCN1C(=O)CN1C(=O)C2(CC(Oc3ccc4[nH]ncc4c3)C2)c2ccccc21. The Morgan fingerprint density at radius 2 is 2.12 bits per heavy atom. The van der Waals surface area contributed by atoms with E-state index in [1.54, 1.807) is 16.0 Å². The summed E-state index contributed by atoms with van der Waals surface area (Å²) in [5.41, 5.74) is 2.14. The number of hydrogen-bond acceptors (Lipinski definition) is 4. The zero-order valence-electron chi connectivity index (χ0n) is 18.2. The number of fused-ring (bicyclic) bond motifs is 3. The number of nitrogens with one attached hydrogen (secondary N) is 1. The van der Waals surface area contributed by atoms with E-state index in [0.29, 0.717) is 19.4 Å². The molecule has 1 aromatic heterocycles. The van der Waals surface area contributed by atoms with Gasteiger partial charge in [0.05, 0.1) is 23.2 Å². The van der Waals surface area contributed by atoms with Crippen molar-refractivity contribution in [1.29, 1.82) is 0 Å². The zero-order valence-corrected chi connectivity index (χ0v) is 18.2. The Bertz CT molecular complexity index is 1300. The number of terminal acetylenes is 1. The Hall–Kier alpha value is -3.79. The van der Waals surface area contributed by atoms with Crippen LogP contribution in [-0.4, -0.2) is 52.1 Å². The largest absolute Gasteiger partial charge is 0.490 e. The molecule has 1 atom stereocenters. The summed E-state index contributed by atoms with van der Waals surface area (Å²) in [7, 11) is 0. The van der Waals surface area contributed by atoms with Gasteiger partial charge in [-0.05, 0) is 42.7 Å². The predicted molar refractivity (Wildman–Crippen MR) is 124 cm³/mol. The second-order valence-corrected chi connectivity index (χ2v) is 9.17. The molecule has 0 radical (unpaired) electrons. The van der Waals surface area contributed by atoms with Crippen LogP contribution in [0.1, 0.15) is 31.2 Å². The molecule has 2 fully saturated rings. The number of anilines is 1. The van der Waals surface area contributed by atoms with Crippen LogP contribution in [0.25, 0.3) is 10.9 Å². The summed E-state index contributed by atoms with van der Waals surface area (Å²) >= 11 is 0. The monoisotopic (exact) mass is 440 g/mol. The maximum atomic E-state index is 13.7. The molecule has 166 valence electrons. The van der Waals surface area contributed by atoms with Crippen LogP contribution in [0, 0.1) is 12.3 Å². The van der Waals surface area contributed by atoms with Gasteiger partial charge in [0.1, 0.15) is 18.4 Å². The first-order valence-electron chi connectivity index (χ1n) is 11.4. The number of rotatable bonds is 4. The Balaban J connectivity index is 1.21. The van der Waals surface area contributed by atoms with Crippen molar-refractivity contribution in [3.63, 3.8) is 0 Å². The average Bonchev–Trinajstić information content (AvgIpc) is 3.52. The minimum atomic E-state index is -0.627. The van der Waals surface area contributed by atoms with Crippen molar-refractivity contribution in [3.8, 4) is 18.1 Å². The number of amides is 2. The van der Waals surface area contributed by atoms with E-state index in [9.17, 15) is 9.59 Å². The van der Waals surface area contributed by atoms with E-state index < -0.39 is 5.41 Å². The van der Waals surface area contributed by atoms with Crippen LogP contribution in [-0.2, 0) is 15.0 Å². The molecule has 7 heteroatoms. The molecule has 2 aromatic carbocycles. The van der Waals surface area contributed by atoms with E-state index in [4.69, 9.17) is 11.2 Å². The summed E-state index contributed by atoms with van der Waals surface area (Å²) in [6, 6.07) is 13.4. The first kappa shape index (κ1) is 19.9. The van der Waals surface area contributed by atoms with Crippen LogP contribution in [0.15, 0.2) is 48.7 Å². The number of nitrogens with zero attached hydrogens (tertiary/aromatic N) is 3. The highest BCUT2D eigenvalue weighted by atomic mass is 16.5. The molecule has 3 aliphatic rings. The summed E-state index contributed by atoms with van der Waals surface area (Å²) in [6.45, 7) is 0.678. The number of likely N-dealkylation sites (tertiary alicyclic amines) is 1. The highest BCUT2D eigenvalue weighted by Gasteiger charge is 2.59. The number of ether oxygens (including phenoxy) is 1. The third kappa shape index (κ3) is 3.01. The van der Waals surface area contributed by atoms with Crippen molar-refractivity contribution in [2.24, 2.45) is 0 Å². The molecule has 2 amide bonds. The van der Waals surface area contributed by atoms with E-state index >= 15 is 0 Å². The Labute approximate surface area is 191 Å². The first-order valence-corrected chi connectivity index (χ1v) is 11.4. The molecule has 1 unspecified atom stereocenters. The van der Waals surface area contributed by atoms with Crippen molar-refractivity contribution in [1.82, 2.24) is 15.1 Å². The minimum Gasteiger partial charge on any atom is -0.490 e. The van der Waals surface area contributed by atoms with Gasteiger partial charge in [0.2, 0.25) is 11.8 Å². The number of para-hydroxylation sites is 1. The summed E-state index contributed by atoms with van der Waals surface area (Å²) < 4.78 is 6.19. The quantitative estimate of drug-likeness (QED) is 0.633. The number of benzene rings is 2. The Morgan fingerprint density at radius 1 is 1.27 bits per heavy atom. The molecule has 3 aromatic rings. The molecule has 1 aliphatic carbocycles. The van der Waals surface area contributed by atoms with Gasteiger partial charge >= 0.3 is 0 Å².